The topological polar surface area (TPSA) is 93.4 Å². The van der Waals surface area contributed by atoms with Gasteiger partial charge in [-0.25, -0.2) is 13.6 Å². The second-order valence-electron chi connectivity index (χ2n) is 4.77. The van der Waals surface area contributed by atoms with Gasteiger partial charge in [0.15, 0.2) is 0 Å². The molecule has 1 amide bonds. The number of benzene rings is 1. The molecule has 1 saturated heterocycles. The first kappa shape index (κ1) is 13.0. The molecule has 1 aliphatic rings. The molecule has 7 heteroatoms. The van der Waals surface area contributed by atoms with E-state index in [4.69, 9.17) is 5.14 Å². The van der Waals surface area contributed by atoms with Gasteiger partial charge in [-0.05, 0) is 12.1 Å². The number of nitrogens with two attached hydrogens (primary N) is 1. The van der Waals surface area contributed by atoms with Gasteiger partial charge >= 0.3 is 0 Å². The lowest BCUT2D eigenvalue weighted by Crippen LogP contribution is -2.32. The second kappa shape index (κ2) is 4.53. The fourth-order valence-electron chi connectivity index (χ4n) is 2.44. The van der Waals surface area contributed by atoms with Crippen LogP contribution in [0, 0.1) is 0 Å². The highest BCUT2D eigenvalue weighted by Crippen LogP contribution is 2.29. The Hall–Kier alpha value is -1.99. The largest absolute Gasteiger partial charge is 0.310 e. The van der Waals surface area contributed by atoms with E-state index in [1.807, 2.05) is 24.3 Å². The van der Waals surface area contributed by atoms with Crippen LogP contribution >= 0.6 is 0 Å². The number of pyridine rings is 1. The van der Waals surface area contributed by atoms with Crippen molar-refractivity contribution in [3.63, 3.8) is 0 Å². The van der Waals surface area contributed by atoms with Crippen LogP contribution in [-0.2, 0) is 14.8 Å². The molecule has 1 unspecified atom stereocenters. The number of anilines is 1. The number of aromatic nitrogens is 1. The lowest BCUT2D eigenvalue weighted by atomic mass is 10.2. The number of carbonyl (C=O) groups is 1. The molecular formula is C13H13N3O3S. The number of primary sulfonamides is 1. The van der Waals surface area contributed by atoms with Gasteiger partial charge in [0.1, 0.15) is 5.25 Å². The highest BCUT2D eigenvalue weighted by molar-refractivity contribution is 7.89. The Morgan fingerprint density at radius 1 is 1.25 bits per heavy atom. The lowest BCUT2D eigenvalue weighted by Gasteiger charge is -2.18. The monoisotopic (exact) mass is 291 g/mol. The molecular weight excluding hydrogens is 278 g/mol. The summed E-state index contributed by atoms with van der Waals surface area (Å²) in [6, 6.07) is 9.13. The maximum absolute atomic E-state index is 12.1. The third-order valence-electron chi connectivity index (χ3n) is 3.47. The molecule has 1 fully saturated rings. The number of rotatable bonds is 2. The summed E-state index contributed by atoms with van der Waals surface area (Å²) in [6.07, 6.45) is 1.53. The van der Waals surface area contributed by atoms with Crippen molar-refractivity contribution < 1.29 is 13.2 Å². The van der Waals surface area contributed by atoms with Crippen molar-refractivity contribution in [3.8, 4) is 0 Å². The predicted molar refractivity (Wildman–Crippen MR) is 75.6 cm³/mol. The van der Waals surface area contributed by atoms with E-state index in [2.05, 4.69) is 4.98 Å². The molecule has 1 atom stereocenters. The van der Waals surface area contributed by atoms with E-state index in [-0.39, 0.29) is 18.9 Å². The Morgan fingerprint density at radius 2 is 2.00 bits per heavy atom. The maximum atomic E-state index is 12.1. The highest BCUT2D eigenvalue weighted by atomic mass is 32.2. The van der Waals surface area contributed by atoms with Crippen LogP contribution in [0.15, 0.2) is 36.5 Å². The fourth-order valence-corrected chi connectivity index (χ4v) is 3.18. The summed E-state index contributed by atoms with van der Waals surface area (Å²) in [4.78, 5) is 17.8. The first-order chi connectivity index (χ1) is 9.47. The number of sulfonamides is 1. The zero-order chi connectivity index (χ0) is 14.3. The second-order valence-corrected chi connectivity index (χ2v) is 6.61. The summed E-state index contributed by atoms with van der Waals surface area (Å²) < 4.78 is 22.8. The number of amides is 1. The Balaban J connectivity index is 2.06. The van der Waals surface area contributed by atoms with Crippen LogP contribution in [0.25, 0.3) is 10.9 Å². The Bertz CT molecular complexity index is 783. The van der Waals surface area contributed by atoms with E-state index < -0.39 is 15.3 Å². The predicted octanol–water partition coefficient (Wildman–Crippen LogP) is 0.629. The lowest BCUT2D eigenvalue weighted by molar-refractivity contribution is -0.117. The van der Waals surface area contributed by atoms with Gasteiger partial charge in [0.25, 0.3) is 0 Å². The van der Waals surface area contributed by atoms with E-state index >= 15 is 0 Å². The molecule has 20 heavy (non-hydrogen) atoms. The molecule has 0 saturated carbocycles. The standard InChI is InChI=1S/C13H13N3O3S/c14-20(18,19)9-7-13(17)16(8-9)12-5-6-15-11-4-2-1-3-10(11)12/h1-6,9H,7-8H2,(H2,14,18,19). The normalized spacial score (nSPS) is 19.8. The molecule has 2 heterocycles. The van der Waals surface area contributed by atoms with E-state index in [0.717, 1.165) is 10.9 Å². The summed E-state index contributed by atoms with van der Waals surface area (Å²) in [6.45, 7) is 0.0890. The minimum Gasteiger partial charge on any atom is -0.310 e. The molecule has 1 aliphatic heterocycles. The van der Waals surface area contributed by atoms with Crippen molar-refractivity contribution in [1.29, 1.82) is 0 Å². The van der Waals surface area contributed by atoms with Gasteiger partial charge in [-0.15, -0.1) is 0 Å². The molecule has 3 rings (SSSR count). The molecule has 0 radical (unpaired) electrons. The first-order valence-electron chi connectivity index (χ1n) is 6.12. The zero-order valence-corrected chi connectivity index (χ0v) is 11.4. The number of carbonyl (C=O) groups excluding carboxylic acids is 1. The third-order valence-corrected chi connectivity index (χ3v) is 4.72. The molecule has 0 spiro atoms. The third kappa shape index (κ3) is 2.14. The van der Waals surface area contributed by atoms with Crippen LogP contribution in [0.2, 0.25) is 0 Å². The van der Waals surface area contributed by atoms with Crippen molar-refractivity contribution >= 4 is 32.5 Å². The molecule has 2 N–H and O–H groups in total. The van der Waals surface area contributed by atoms with Crippen molar-refractivity contribution in [3.05, 3.63) is 36.5 Å². The molecule has 6 nitrogen and oxygen atoms in total. The molecule has 1 aromatic carbocycles. The Labute approximate surface area is 116 Å². The van der Waals surface area contributed by atoms with Crippen molar-refractivity contribution in [2.45, 2.75) is 11.7 Å². The van der Waals surface area contributed by atoms with Crippen LogP contribution in [0.1, 0.15) is 6.42 Å². The van der Waals surface area contributed by atoms with Crippen molar-refractivity contribution in [2.75, 3.05) is 11.4 Å². The fraction of sp³-hybridized carbons (Fsp3) is 0.231. The summed E-state index contributed by atoms with van der Waals surface area (Å²) in [5.74, 6) is -0.236. The van der Waals surface area contributed by atoms with E-state index in [9.17, 15) is 13.2 Å². The summed E-state index contributed by atoms with van der Waals surface area (Å²) in [5, 5.41) is 5.11. The SMILES string of the molecule is NS(=O)(=O)C1CC(=O)N(c2ccnc3ccccc23)C1. The number of fused-ring (bicyclic) bond motifs is 1. The van der Waals surface area contributed by atoms with Crippen molar-refractivity contribution in [2.24, 2.45) is 5.14 Å². The summed E-state index contributed by atoms with van der Waals surface area (Å²) in [5.41, 5.74) is 1.43. The van der Waals surface area contributed by atoms with Crippen molar-refractivity contribution in [1.82, 2.24) is 4.98 Å². The van der Waals surface area contributed by atoms with Crippen LogP contribution < -0.4 is 10.0 Å². The number of para-hydroxylation sites is 1. The Kier molecular flexibility index (Phi) is 2.95. The van der Waals surface area contributed by atoms with E-state index in [1.54, 1.807) is 12.3 Å². The minimum absolute atomic E-state index is 0.0739. The molecule has 2 aromatic rings. The average Bonchev–Trinajstić information content (AvgIpc) is 2.80. The zero-order valence-electron chi connectivity index (χ0n) is 10.6. The quantitative estimate of drug-likeness (QED) is 0.878. The van der Waals surface area contributed by atoms with Gasteiger partial charge in [-0.3, -0.25) is 9.78 Å². The minimum atomic E-state index is -3.71. The van der Waals surface area contributed by atoms with Crippen LogP contribution in [0.3, 0.4) is 0 Å². The van der Waals surface area contributed by atoms with Gasteiger partial charge in [-0.2, -0.15) is 0 Å². The maximum Gasteiger partial charge on any atom is 0.228 e. The Morgan fingerprint density at radius 3 is 2.70 bits per heavy atom. The van der Waals surface area contributed by atoms with Gasteiger partial charge in [0.2, 0.25) is 15.9 Å². The number of hydrogen-bond donors (Lipinski definition) is 1. The number of hydrogen-bond acceptors (Lipinski definition) is 4. The van der Waals surface area contributed by atoms with Crippen LogP contribution in [0.5, 0.6) is 0 Å². The average molecular weight is 291 g/mol. The van der Waals surface area contributed by atoms with Gasteiger partial charge in [0.05, 0.1) is 11.2 Å². The number of nitrogens with zero attached hydrogens (tertiary/aromatic N) is 2. The van der Waals surface area contributed by atoms with Gasteiger partial charge in [0, 0.05) is 24.5 Å². The van der Waals surface area contributed by atoms with Crippen LogP contribution in [0.4, 0.5) is 5.69 Å². The first-order valence-corrected chi connectivity index (χ1v) is 7.73. The molecule has 0 aliphatic carbocycles. The van der Waals surface area contributed by atoms with E-state index in [0.29, 0.717) is 5.69 Å². The molecule has 0 bridgehead atoms. The van der Waals surface area contributed by atoms with Gasteiger partial charge < -0.3 is 4.90 Å². The summed E-state index contributed by atoms with van der Waals surface area (Å²) in [7, 11) is -3.71. The van der Waals surface area contributed by atoms with E-state index in [1.165, 1.54) is 4.90 Å². The highest BCUT2D eigenvalue weighted by Gasteiger charge is 2.37. The van der Waals surface area contributed by atoms with Gasteiger partial charge in [-0.1, -0.05) is 18.2 Å². The molecule has 1 aromatic heterocycles. The van der Waals surface area contributed by atoms with Crippen LogP contribution in [-0.4, -0.2) is 31.1 Å². The molecule has 104 valence electrons. The smallest absolute Gasteiger partial charge is 0.228 e. The summed E-state index contributed by atoms with van der Waals surface area (Å²) >= 11 is 0.